The van der Waals surface area contributed by atoms with Crippen LogP contribution in [-0.2, 0) is 24.9 Å². The normalized spacial score (nSPS) is 12.2. The Balaban J connectivity index is 0.000000367. The van der Waals surface area contributed by atoms with Gasteiger partial charge in [0.05, 0.1) is 13.6 Å². The van der Waals surface area contributed by atoms with E-state index in [-0.39, 0.29) is 37.1 Å². The number of hydrogen-bond donors (Lipinski definition) is 1. The van der Waals surface area contributed by atoms with Crippen molar-refractivity contribution in [3.63, 3.8) is 0 Å². The molecule has 0 amide bonds. The molecular formula is C42H48IrNO2Si-. The molecule has 1 aromatic heterocycles. The van der Waals surface area contributed by atoms with Crippen LogP contribution in [0.5, 0.6) is 0 Å². The van der Waals surface area contributed by atoms with Crippen LogP contribution in [0.2, 0.25) is 19.6 Å². The third kappa shape index (κ3) is 9.70. The molecule has 0 bridgehead atoms. The van der Waals surface area contributed by atoms with E-state index in [4.69, 9.17) is 4.98 Å². The second-order valence-corrected chi connectivity index (χ2v) is 20.1. The van der Waals surface area contributed by atoms with Crippen LogP contribution in [0.1, 0.15) is 47.1 Å². The number of nitrogens with zero attached hydrogens (tertiary/aromatic N) is 1. The van der Waals surface area contributed by atoms with Crippen molar-refractivity contribution in [2.75, 3.05) is 0 Å². The van der Waals surface area contributed by atoms with E-state index in [0.717, 1.165) is 22.3 Å². The minimum atomic E-state index is -1.63. The number of pyridine rings is 1. The number of fused-ring (bicyclic) bond motifs is 1. The molecule has 0 aliphatic rings. The zero-order valence-electron chi connectivity index (χ0n) is 29.5. The largest absolute Gasteiger partial charge is 0.512 e. The molecule has 0 aliphatic carbocycles. The van der Waals surface area contributed by atoms with Crippen LogP contribution in [0.15, 0.2) is 109 Å². The number of ketones is 1. The van der Waals surface area contributed by atoms with Gasteiger partial charge in [-0.3, -0.25) is 9.78 Å². The van der Waals surface area contributed by atoms with Gasteiger partial charge < -0.3 is 5.11 Å². The number of benzene rings is 4. The van der Waals surface area contributed by atoms with Crippen LogP contribution in [0.25, 0.3) is 44.4 Å². The number of aliphatic hydroxyl groups is 1. The van der Waals surface area contributed by atoms with Crippen molar-refractivity contribution in [2.45, 2.75) is 68.1 Å². The summed E-state index contributed by atoms with van der Waals surface area (Å²) >= 11 is 0. The zero-order chi connectivity index (χ0) is 33.9. The van der Waals surface area contributed by atoms with Crippen molar-refractivity contribution >= 4 is 29.9 Å². The molecule has 0 fully saturated rings. The summed E-state index contributed by atoms with van der Waals surface area (Å²) in [6, 6.07) is 38.0. The third-order valence-electron chi connectivity index (χ3n) is 7.87. The summed E-state index contributed by atoms with van der Waals surface area (Å²) in [6.45, 7) is 20.5. The van der Waals surface area contributed by atoms with E-state index >= 15 is 0 Å². The first-order valence-electron chi connectivity index (χ1n) is 16.0. The molecule has 3 nitrogen and oxygen atoms in total. The van der Waals surface area contributed by atoms with Crippen LogP contribution >= 0.6 is 0 Å². The molecule has 0 saturated heterocycles. The van der Waals surface area contributed by atoms with Crippen molar-refractivity contribution in [1.29, 1.82) is 0 Å². The van der Waals surface area contributed by atoms with E-state index < -0.39 is 13.5 Å². The Kier molecular flexibility index (Phi) is 12.1. The van der Waals surface area contributed by atoms with Crippen LogP contribution in [0.4, 0.5) is 0 Å². The van der Waals surface area contributed by atoms with Crippen molar-refractivity contribution in [3.05, 3.63) is 121 Å². The fraction of sp³-hybridized carbons (Fsp3) is 0.286. The predicted octanol–water partition coefficient (Wildman–Crippen LogP) is 11.0. The molecule has 247 valence electrons. The zero-order valence-corrected chi connectivity index (χ0v) is 32.8. The summed E-state index contributed by atoms with van der Waals surface area (Å²) in [7, 11) is -1.63. The van der Waals surface area contributed by atoms with Crippen LogP contribution < -0.4 is 5.19 Å². The number of rotatable bonds is 5. The minimum absolute atomic E-state index is 0. The Morgan fingerprint density at radius 1 is 0.745 bits per heavy atom. The first-order chi connectivity index (χ1) is 21.4. The maximum absolute atomic E-state index is 11.5. The van der Waals surface area contributed by atoms with Gasteiger partial charge >= 0.3 is 0 Å². The molecule has 1 N–H and O–H groups in total. The average molecular weight is 819 g/mol. The molecule has 5 heteroatoms. The number of carbonyl (C=O) groups excluding carboxylic acids is 1. The van der Waals surface area contributed by atoms with Gasteiger partial charge in [-0.15, -0.1) is 34.9 Å². The summed E-state index contributed by atoms with van der Waals surface area (Å²) in [5.41, 5.74) is 8.45. The maximum Gasteiger partial charge on any atom is 0.164 e. The maximum atomic E-state index is 11.5. The number of hydrogen-bond acceptors (Lipinski definition) is 3. The SMILES string of the molecule is CC(C)(C)C(=O)/C=C(\O)C(C)(C)C.Cc1[c-]c(-c2ccc3c([Si](C)(C)C)c(-c4ccccc4)ccc3n2)cc(-c2ccccc2)c1.[Ir]. The fourth-order valence-electron chi connectivity index (χ4n) is 5.23. The average Bonchev–Trinajstić information content (AvgIpc) is 2.99. The summed E-state index contributed by atoms with van der Waals surface area (Å²) in [4.78, 5) is 16.6. The molecular weight excluding hydrogens is 771 g/mol. The Morgan fingerprint density at radius 3 is 1.85 bits per heavy atom. The van der Waals surface area contributed by atoms with Gasteiger partial charge in [0.25, 0.3) is 0 Å². The number of aromatic nitrogens is 1. The number of aliphatic hydroxyl groups excluding tert-OH is 1. The summed E-state index contributed by atoms with van der Waals surface area (Å²) < 4.78 is 0. The third-order valence-corrected chi connectivity index (χ3v) is 9.91. The van der Waals surface area contributed by atoms with E-state index in [9.17, 15) is 9.90 Å². The van der Waals surface area contributed by atoms with Gasteiger partial charge in [0.1, 0.15) is 5.76 Å². The van der Waals surface area contributed by atoms with E-state index in [1.54, 1.807) is 0 Å². The standard InChI is InChI=1S/C31H28NSi.C11H20O2.Ir/c1-22-19-25(23-11-7-5-8-12-23)21-26(20-22)29-17-16-28-30(32-29)18-15-27(31(28)33(2,3)4)24-13-9-6-10-14-24;1-10(2,3)8(12)7-9(13)11(4,5)6;/h5-19,21H,1-4H3;7,12H,1-6H3;/q-1;;/b;8-7-;. The van der Waals surface area contributed by atoms with Crippen molar-refractivity contribution < 1.29 is 30.0 Å². The molecule has 5 aromatic rings. The second-order valence-electron chi connectivity index (χ2n) is 15.1. The van der Waals surface area contributed by atoms with Crippen LogP contribution in [0, 0.1) is 23.8 Å². The second kappa shape index (κ2) is 15.1. The number of carbonyl (C=O) groups is 1. The molecule has 4 aromatic carbocycles. The topological polar surface area (TPSA) is 50.2 Å². The van der Waals surface area contributed by atoms with Gasteiger partial charge in [-0.2, -0.15) is 0 Å². The fourth-order valence-corrected chi connectivity index (χ4v) is 7.28. The van der Waals surface area contributed by atoms with Crippen molar-refractivity contribution in [3.8, 4) is 33.5 Å². The molecule has 0 spiro atoms. The summed E-state index contributed by atoms with van der Waals surface area (Å²) in [5.74, 6) is 0.104. The van der Waals surface area contributed by atoms with E-state index in [2.05, 4.69) is 130 Å². The minimum Gasteiger partial charge on any atom is -0.512 e. The monoisotopic (exact) mass is 819 g/mol. The van der Waals surface area contributed by atoms with Crippen molar-refractivity contribution in [2.24, 2.45) is 10.8 Å². The van der Waals surface area contributed by atoms with Gasteiger partial charge in [0, 0.05) is 37.0 Å². The Bertz CT molecular complexity index is 1860. The van der Waals surface area contributed by atoms with Gasteiger partial charge in [-0.25, -0.2) is 0 Å². The van der Waals surface area contributed by atoms with Gasteiger partial charge in [0.2, 0.25) is 0 Å². The van der Waals surface area contributed by atoms with Gasteiger partial charge in [-0.1, -0.05) is 147 Å². The van der Waals surface area contributed by atoms with Crippen LogP contribution in [0.3, 0.4) is 0 Å². The molecule has 47 heavy (non-hydrogen) atoms. The Morgan fingerprint density at radius 2 is 1.32 bits per heavy atom. The van der Waals surface area contributed by atoms with E-state index in [1.165, 1.54) is 38.9 Å². The molecule has 0 aliphatic heterocycles. The molecule has 5 rings (SSSR count). The first-order valence-corrected chi connectivity index (χ1v) is 19.5. The van der Waals surface area contributed by atoms with Crippen molar-refractivity contribution in [1.82, 2.24) is 4.98 Å². The smallest absolute Gasteiger partial charge is 0.164 e. The quantitative estimate of drug-likeness (QED) is 0.0832. The molecule has 0 atom stereocenters. The Hall–Kier alpha value is -3.63. The molecule has 1 heterocycles. The van der Waals surface area contributed by atoms with Gasteiger partial charge in [0.15, 0.2) is 5.78 Å². The van der Waals surface area contributed by atoms with Crippen LogP contribution in [-0.4, -0.2) is 23.9 Å². The van der Waals surface area contributed by atoms with Gasteiger partial charge in [-0.05, 0) is 39.0 Å². The number of allylic oxidation sites excluding steroid dienone is 2. The summed E-state index contributed by atoms with van der Waals surface area (Å²) in [5, 5.41) is 12.3. The first kappa shape index (κ1) is 37.8. The molecule has 1 radical (unpaired) electrons. The number of aryl methyl sites for hydroxylation is 1. The summed E-state index contributed by atoms with van der Waals surface area (Å²) in [6.07, 6.45) is 1.33. The molecule has 0 saturated carbocycles. The van der Waals surface area contributed by atoms with E-state index in [1.807, 2.05) is 41.5 Å². The molecule has 0 unspecified atom stereocenters. The van der Waals surface area contributed by atoms with E-state index in [0.29, 0.717) is 0 Å². The Labute approximate surface area is 296 Å². The predicted molar refractivity (Wildman–Crippen MR) is 199 cm³/mol.